The van der Waals surface area contributed by atoms with Gasteiger partial charge in [0.1, 0.15) is 6.10 Å². The van der Waals surface area contributed by atoms with E-state index in [-0.39, 0.29) is 0 Å². The Hall–Kier alpha value is -1.25. The highest BCUT2D eigenvalue weighted by Crippen LogP contribution is 2.30. The molecule has 88 valence electrons. The van der Waals surface area contributed by atoms with Gasteiger partial charge in [0.25, 0.3) is 0 Å². The number of nitrogen functional groups attached to an aromatic ring is 1. The molecule has 1 heterocycles. The summed E-state index contributed by atoms with van der Waals surface area (Å²) in [6.45, 7) is 4.59. The Kier molecular flexibility index (Phi) is 3.32. The second-order valence-corrected chi connectivity index (χ2v) is 5.09. The number of ether oxygens (including phenoxy) is 1. The van der Waals surface area contributed by atoms with Crippen molar-refractivity contribution < 1.29 is 4.74 Å². The average Bonchev–Trinajstić information content (AvgIpc) is 2.20. The smallest absolute Gasteiger partial charge is 0.213 e. The molecule has 0 aliphatic heterocycles. The first kappa shape index (κ1) is 11.2. The SMILES string of the molecule is CC1CC(C)CC(Oc2ccc(N)cn2)C1. The lowest BCUT2D eigenvalue weighted by Gasteiger charge is -2.31. The summed E-state index contributed by atoms with van der Waals surface area (Å²) in [5.74, 6) is 2.20. The summed E-state index contributed by atoms with van der Waals surface area (Å²) in [6, 6.07) is 3.68. The molecular formula is C13H20N2O. The molecule has 2 N–H and O–H groups in total. The van der Waals surface area contributed by atoms with Crippen LogP contribution in [0.25, 0.3) is 0 Å². The van der Waals surface area contributed by atoms with Gasteiger partial charge in [0, 0.05) is 6.07 Å². The Balaban J connectivity index is 1.96. The Bertz CT molecular complexity index is 326. The van der Waals surface area contributed by atoms with Crippen LogP contribution in [-0.4, -0.2) is 11.1 Å². The molecule has 0 aromatic carbocycles. The lowest BCUT2D eigenvalue weighted by atomic mass is 9.82. The fourth-order valence-corrected chi connectivity index (χ4v) is 2.60. The predicted molar refractivity (Wildman–Crippen MR) is 65.2 cm³/mol. The monoisotopic (exact) mass is 220 g/mol. The van der Waals surface area contributed by atoms with E-state index >= 15 is 0 Å². The van der Waals surface area contributed by atoms with Gasteiger partial charge in [-0.25, -0.2) is 4.98 Å². The Morgan fingerprint density at radius 2 is 1.88 bits per heavy atom. The third-order valence-corrected chi connectivity index (χ3v) is 3.18. The molecule has 0 bridgehead atoms. The van der Waals surface area contributed by atoms with Crippen LogP contribution in [0, 0.1) is 11.8 Å². The lowest BCUT2D eigenvalue weighted by Crippen LogP contribution is -2.28. The van der Waals surface area contributed by atoms with Crippen LogP contribution in [0.1, 0.15) is 33.1 Å². The summed E-state index contributed by atoms with van der Waals surface area (Å²) < 4.78 is 5.88. The van der Waals surface area contributed by atoms with Crippen molar-refractivity contribution in [2.24, 2.45) is 11.8 Å². The summed E-state index contributed by atoms with van der Waals surface area (Å²) >= 11 is 0. The maximum atomic E-state index is 5.88. The number of pyridine rings is 1. The van der Waals surface area contributed by atoms with Gasteiger partial charge in [0.05, 0.1) is 11.9 Å². The van der Waals surface area contributed by atoms with Crippen molar-refractivity contribution in [3.63, 3.8) is 0 Å². The molecule has 1 saturated carbocycles. The van der Waals surface area contributed by atoms with Gasteiger partial charge < -0.3 is 10.5 Å². The van der Waals surface area contributed by atoms with E-state index in [1.807, 2.05) is 12.1 Å². The van der Waals surface area contributed by atoms with Crippen LogP contribution < -0.4 is 10.5 Å². The van der Waals surface area contributed by atoms with Crippen molar-refractivity contribution >= 4 is 5.69 Å². The lowest BCUT2D eigenvalue weighted by molar-refractivity contribution is 0.0967. The van der Waals surface area contributed by atoms with E-state index in [9.17, 15) is 0 Å². The van der Waals surface area contributed by atoms with Crippen LogP contribution >= 0.6 is 0 Å². The van der Waals surface area contributed by atoms with Crippen LogP contribution in [0.5, 0.6) is 5.88 Å². The quantitative estimate of drug-likeness (QED) is 0.833. The van der Waals surface area contributed by atoms with Crippen molar-refractivity contribution in [3.05, 3.63) is 18.3 Å². The molecule has 3 heteroatoms. The minimum Gasteiger partial charge on any atom is -0.474 e. The van der Waals surface area contributed by atoms with Crippen LogP contribution in [0.2, 0.25) is 0 Å². The van der Waals surface area contributed by atoms with E-state index < -0.39 is 0 Å². The summed E-state index contributed by atoms with van der Waals surface area (Å²) in [5, 5.41) is 0. The van der Waals surface area contributed by atoms with Crippen molar-refractivity contribution in [1.82, 2.24) is 4.98 Å². The molecule has 1 aliphatic carbocycles. The molecule has 0 spiro atoms. The molecule has 1 fully saturated rings. The molecular weight excluding hydrogens is 200 g/mol. The van der Waals surface area contributed by atoms with Gasteiger partial charge >= 0.3 is 0 Å². The van der Waals surface area contributed by atoms with E-state index in [1.54, 1.807) is 6.20 Å². The second kappa shape index (κ2) is 4.73. The number of anilines is 1. The highest BCUT2D eigenvalue weighted by Gasteiger charge is 2.25. The number of nitrogens with two attached hydrogens (primary N) is 1. The van der Waals surface area contributed by atoms with Crippen LogP contribution in [0.15, 0.2) is 18.3 Å². The molecule has 0 saturated heterocycles. The topological polar surface area (TPSA) is 48.1 Å². The van der Waals surface area contributed by atoms with Gasteiger partial charge in [-0.2, -0.15) is 0 Å². The van der Waals surface area contributed by atoms with E-state index in [2.05, 4.69) is 18.8 Å². The van der Waals surface area contributed by atoms with Crippen LogP contribution in [-0.2, 0) is 0 Å². The summed E-state index contributed by atoms with van der Waals surface area (Å²) in [5.41, 5.74) is 6.26. The summed E-state index contributed by atoms with van der Waals surface area (Å²) in [4.78, 5) is 4.18. The number of hydrogen-bond acceptors (Lipinski definition) is 3. The highest BCUT2D eigenvalue weighted by atomic mass is 16.5. The van der Waals surface area contributed by atoms with Crippen molar-refractivity contribution in [1.29, 1.82) is 0 Å². The third-order valence-electron chi connectivity index (χ3n) is 3.18. The van der Waals surface area contributed by atoms with Crippen LogP contribution in [0.3, 0.4) is 0 Å². The number of rotatable bonds is 2. The third kappa shape index (κ3) is 2.87. The van der Waals surface area contributed by atoms with Gasteiger partial charge in [0.15, 0.2) is 0 Å². The molecule has 1 aliphatic rings. The molecule has 0 amide bonds. The zero-order chi connectivity index (χ0) is 11.5. The van der Waals surface area contributed by atoms with Gasteiger partial charge in [-0.1, -0.05) is 13.8 Å². The fraction of sp³-hybridized carbons (Fsp3) is 0.615. The molecule has 16 heavy (non-hydrogen) atoms. The van der Waals surface area contributed by atoms with Crippen LogP contribution in [0.4, 0.5) is 5.69 Å². The van der Waals surface area contributed by atoms with Gasteiger partial charge in [-0.05, 0) is 37.2 Å². The molecule has 1 aromatic heterocycles. The minimum atomic E-state index is 0.315. The van der Waals surface area contributed by atoms with E-state index in [4.69, 9.17) is 10.5 Å². The second-order valence-electron chi connectivity index (χ2n) is 5.09. The van der Waals surface area contributed by atoms with Gasteiger partial charge in [-0.15, -0.1) is 0 Å². The largest absolute Gasteiger partial charge is 0.474 e. The minimum absolute atomic E-state index is 0.315. The number of hydrogen-bond donors (Lipinski definition) is 1. The first-order chi connectivity index (χ1) is 7.63. The highest BCUT2D eigenvalue weighted by molar-refractivity contribution is 5.36. The predicted octanol–water partition coefficient (Wildman–Crippen LogP) is 2.87. The molecule has 2 atom stereocenters. The first-order valence-corrected chi connectivity index (χ1v) is 6.01. The van der Waals surface area contributed by atoms with Crippen molar-refractivity contribution in [3.8, 4) is 5.88 Å². The molecule has 0 radical (unpaired) electrons. The molecule has 3 nitrogen and oxygen atoms in total. The maximum absolute atomic E-state index is 5.88. The maximum Gasteiger partial charge on any atom is 0.213 e. The normalized spacial score (nSPS) is 30.0. The zero-order valence-corrected chi connectivity index (χ0v) is 10.0. The standard InChI is InChI=1S/C13H20N2O/c1-9-5-10(2)7-12(6-9)16-13-4-3-11(14)8-15-13/h3-4,8-10,12H,5-7,14H2,1-2H3. The summed E-state index contributed by atoms with van der Waals surface area (Å²) in [6.07, 6.45) is 5.54. The van der Waals surface area contributed by atoms with Crippen molar-refractivity contribution in [2.75, 3.05) is 5.73 Å². The van der Waals surface area contributed by atoms with Gasteiger partial charge in [-0.3, -0.25) is 0 Å². The van der Waals surface area contributed by atoms with Crippen molar-refractivity contribution in [2.45, 2.75) is 39.2 Å². The number of aromatic nitrogens is 1. The van der Waals surface area contributed by atoms with E-state index in [1.165, 1.54) is 6.42 Å². The Morgan fingerprint density at radius 1 is 1.19 bits per heavy atom. The Morgan fingerprint density at radius 3 is 2.44 bits per heavy atom. The molecule has 2 unspecified atom stereocenters. The van der Waals surface area contributed by atoms with E-state index in [0.29, 0.717) is 17.7 Å². The zero-order valence-electron chi connectivity index (χ0n) is 10.0. The Labute approximate surface area is 97.0 Å². The first-order valence-electron chi connectivity index (χ1n) is 6.01. The summed E-state index contributed by atoms with van der Waals surface area (Å²) in [7, 11) is 0. The molecule has 2 rings (SSSR count). The van der Waals surface area contributed by atoms with Gasteiger partial charge in [0.2, 0.25) is 5.88 Å². The fourth-order valence-electron chi connectivity index (χ4n) is 2.60. The molecule has 1 aromatic rings. The average molecular weight is 220 g/mol. The number of nitrogens with zero attached hydrogens (tertiary/aromatic N) is 1. The van der Waals surface area contributed by atoms with E-state index in [0.717, 1.165) is 24.7 Å².